The fourth-order valence-electron chi connectivity index (χ4n) is 3.66. The maximum absolute atomic E-state index is 12.9. The standard InChI is InChI=1S/C23H35N3O2/c1-3-5-7-9-10-12-14-18(13-11-8-6-4-2)22(27)24-19-15-16-20-21(17-19)26-23(28)25-20/h15-18H,3-14H2,1-2H3,(H,24,27). The first kappa shape index (κ1) is 22.3. The van der Waals surface area contributed by atoms with Crippen molar-refractivity contribution in [3.05, 3.63) is 28.9 Å². The Bertz CT molecular complexity index is 758. The van der Waals surface area contributed by atoms with Crippen molar-refractivity contribution in [1.29, 1.82) is 0 Å². The van der Waals surface area contributed by atoms with Gasteiger partial charge in [0.1, 0.15) is 0 Å². The van der Waals surface area contributed by atoms with Crippen LogP contribution in [0.4, 0.5) is 10.5 Å². The van der Waals surface area contributed by atoms with Crippen LogP contribution in [-0.2, 0) is 4.79 Å². The van der Waals surface area contributed by atoms with Crippen molar-refractivity contribution in [3.63, 3.8) is 0 Å². The normalized spacial score (nSPS) is 13.6. The fraction of sp³-hybridized carbons (Fsp3) is 0.652. The highest BCUT2D eigenvalue weighted by Crippen LogP contribution is 2.20. The first-order valence-electron chi connectivity index (χ1n) is 11.1. The van der Waals surface area contributed by atoms with Gasteiger partial charge in [-0.1, -0.05) is 78.1 Å². The second kappa shape index (κ2) is 12.4. The third kappa shape index (κ3) is 7.53. The van der Waals surface area contributed by atoms with Crippen LogP contribution in [0.5, 0.6) is 0 Å². The number of urea groups is 1. The van der Waals surface area contributed by atoms with Crippen LogP contribution in [0.1, 0.15) is 90.9 Å². The maximum Gasteiger partial charge on any atom is 0.368 e. The molecule has 2 rings (SSSR count). The molecular weight excluding hydrogens is 350 g/mol. The maximum atomic E-state index is 12.9. The lowest BCUT2D eigenvalue weighted by atomic mass is 9.93. The number of nitrogens with zero attached hydrogens (tertiary/aromatic N) is 2. The number of unbranched alkanes of at least 4 members (excludes halogenated alkanes) is 8. The van der Waals surface area contributed by atoms with Gasteiger partial charge in [0.25, 0.3) is 0 Å². The molecule has 1 N–H and O–H groups in total. The Morgan fingerprint density at radius 2 is 1.43 bits per heavy atom. The zero-order chi connectivity index (χ0) is 20.2. The van der Waals surface area contributed by atoms with Crippen molar-refractivity contribution in [2.24, 2.45) is 15.9 Å². The predicted molar refractivity (Wildman–Crippen MR) is 113 cm³/mol. The summed E-state index contributed by atoms with van der Waals surface area (Å²) in [7, 11) is 0. The number of rotatable bonds is 14. The summed E-state index contributed by atoms with van der Waals surface area (Å²) in [6.45, 7) is 4.43. The van der Waals surface area contributed by atoms with Gasteiger partial charge in [-0.05, 0) is 31.0 Å². The van der Waals surface area contributed by atoms with Gasteiger partial charge in [0, 0.05) is 11.6 Å². The fourth-order valence-corrected chi connectivity index (χ4v) is 3.66. The number of amides is 3. The molecule has 0 saturated carbocycles. The van der Waals surface area contributed by atoms with Crippen LogP contribution in [0.25, 0.3) is 0 Å². The van der Waals surface area contributed by atoms with E-state index in [1.165, 1.54) is 51.4 Å². The summed E-state index contributed by atoms with van der Waals surface area (Å²) >= 11 is 0. The highest BCUT2D eigenvalue weighted by Gasteiger charge is 2.18. The molecule has 0 fully saturated rings. The van der Waals surface area contributed by atoms with Gasteiger partial charge in [0.05, 0.1) is 10.7 Å². The first-order valence-corrected chi connectivity index (χ1v) is 11.1. The smallest absolute Gasteiger partial charge is 0.326 e. The molecule has 1 aliphatic rings. The highest BCUT2D eigenvalue weighted by molar-refractivity contribution is 5.92. The number of hydrogen-bond donors (Lipinski definition) is 1. The summed E-state index contributed by atoms with van der Waals surface area (Å²) in [5.41, 5.74) is 0.693. The number of carbonyl (C=O) groups is 2. The average Bonchev–Trinajstić information content (AvgIpc) is 3.05. The van der Waals surface area contributed by atoms with E-state index in [0.29, 0.717) is 16.4 Å². The molecular formula is C23H35N3O2. The molecule has 0 saturated heterocycles. The van der Waals surface area contributed by atoms with Crippen LogP contribution in [0.3, 0.4) is 0 Å². The van der Waals surface area contributed by atoms with Crippen LogP contribution >= 0.6 is 0 Å². The molecule has 1 aromatic carbocycles. The summed E-state index contributed by atoms with van der Waals surface area (Å²) in [6.07, 6.45) is 14.1. The van der Waals surface area contributed by atoms with Crippen molar-refractivity contribution in [2.45, 2.75) is 90.9 Å². The van der Waals surface area contributed by atoms with Crippen molar-refractivity contribution in [1.82, 2.24) is 0 Å². The molecule has 1 unspecified atom stereocenters. The lowest BCUT2D eigenvalue weighted by molar-refractivity contribution is -0.120. The van der Waals surface area contributed by atoms with Crippen molar-refractivity contribution < 1.29 is 9.59 Å². The van der Waals surface area contributed by atoms with Crippen LogP contribution in [-0.4, -0.2) is 11.9 Å². The zero-order valence-corrected chi connectivity index (χ0v) is 17.5. The average molecular weight is 386 g/mol. The molecule has 0 aromatic heterocycles. The number of anilines is 1. The topological polar surface area (TPSA) is 70.9 Å². The molecule has 0 bridgehead atoms. The van der Waals surface area contributed by atoms with E-state index in [9.17, 15) is 9.59 Å². The van der Waals surface area contributed by atoms with Crippen molar-refractivity contribution in [3.8, 4) is 0 Å². The van der Waals surface area contributed by atoms with E-state index in [1.54, 1.807) is 18.2 Å². The van der Waals surface area contributed by atoms with Gasteiger partial charge in [-0.3, -0.25) is 4.79 Å². The number of hydrogen-bond acceptors (Lipinski definition) is 2. The van der Waals surface area contributed by atoms with E-state index in [2.05, 4.69) is 29.1 Å². The Labute approximate surface area is 168 Å². The van der Waals surface area contributed by atoms with Gasteiger partial charge in [0.15, 0.2) is 0 Å². The van der Waals surface area contributed by atoms with Gasteiger partial charge in [-0.2, -0.15) is 9.98 Å². The largest absolute Gasteiger partial charge is 0.368 e. The monoisotopic (exact) mass is 385 g/mol. The predicted octanol–water partition coefficient (Wildman–Crippen LogP) is 5.34. The third-order valence-corrected chi connectivity index (χ3v) is 5.36. The van der Waals surface area contributed by atoms with E-state index in [1.807, 2.05) is 0 Å². The van der Waals surface area contributed by atoms with Gasteiger partial charge >= 0.3 is 6.03 Å². The van der Waals surface area contributed by atoms with Gasteiger partial charge < -0.3 is 5.32 Å². The number of carbonyl (C=O) groups excluding carboxylic acids is 2. The molecule has 28 heavy (non-hydrogen) atoms. The number of benzene rings is 1. The minimum atomic E-state index is -0.477. The molecule has 3 amide bonds. The van der Waals surface area contributed by atoms with Crippen LogP contribution in [0.15, 0.2) is 28.2 Å². The van der Waals surface area contributed by atoms with E-state index in [0.717, 1.165) is 25.7 Å². The zero-order valence-electron chi connectivity index (χ0n) is 17.5. The number of nitrogens with one attached hydrogen (secondary N) is 1. The summed E-state index contributed by atoms with van der Waals surface area (Å²) in [5.74, 6) is 0.144. The molecule has 1 aliphatic heterocycles. The van der Waals surface area contributed by atoms with Crippen molar-refractivity contribution >= 4 is 17.6 Å². The second-order valence-corrected chi connectivity index (χ2v) is 7.80. The van der Waals surface area contributed by atoms with Gasteiger partial charge in [0.2, 0.25) is 5.91 Å². The number of fused-ring (bicyclic) bond motifs is 1. The molecule has 5 heteroatoms. The van der Waals surface area contributed by atoms with Gasteiger partial charge in [-0.25, -0.2) is 4.79 Å². The lowest BCUT2D eigenvalue weighted by Gasteiger charge is -2.17. The molecule has 1 heterocycles. The second-order valence-electron chi connectivity index (χ2n) is 7.80. The molecule has 0 radical (unpaired) electrons. The van der Waals surface area contributed by atoms with E-state index in [-0.39, 0.29) is 11.8 Å². The third-order valence-electron chi connectivity index (χ3n) is 5.36. The first-order chi connectivity index (χ1) is 13.6. The van der Waals surface area contributed by atoms with E-state index in [4.69, 9.17) is 0 Å². The summed E-state index contributed by atoms with van der Waals surface area (Å²) in [5, 5.41) is 4.15. The lowest BCUT2D eigenvalue weighted by Crippen LogP contribution is -2.26. The molecule has 0 aliphatic carbocycles. The Hall–Kier alpha value is -2.04. The quantitative estimate of drug-likeness (QED) is 0.439. The van der Waals surface area contributed by atoms with Crippen LogP contribution in [0, 0.1) is 5.92 Å². The Morgan fingerprint density at radius 3 is 2.11 bits per heavy atom. The highest BCUT2D eigenvalue weighted by atomic mass is 16.2. The van der Waals surface area contributed by atoms with Crippen molar-refractivity contribution in [2.75, 3.05) is 5.32 Å². The van der Waals surface area contributed by atoms with Gasteiger partial charge in [-0.15, -0.1) is 0 Å². The molecule has 154 valence electrons. The Kier molecular flexibility index (Phi) is 9.87. The molecule has 0 spiro atoms. The Morgan fingerprint density at radius 1 is 0.857 bits per heavy atom. The summed E-state index contributed by atoms with van der Waals surface area (Å²) < 4.78 is 0. The molecule has 5 nitrogen and oxygen atoms in total. The summed E-state index contributed by atoms with van der Waals surface area (Å²) in [6, 6.07) is 4.80. The molecule has 1 aromatic rings. The Balaban J connectivity index is 1.90. The SMILES string of the molecule is CCCCCCCCC(CCCCCC)C(=O)Nc1ccc2c(c1)=NC(=O)N=2. The van der Waals surface area contributed by atoms with Crippen LogP contribution in [0.2, 0.25) is 0 Å². The molecule has 1 atom stereocenters. The minimum absolute atomic E-state index is 0.0551. The minimum Gasteiger partial charge on any atom is -0.326 e. The summed E-state index contributed by atoms with van der Waals surface area (Å²) in [4.78, 5) is 31.9. The van der Waals surface area contributed by atoms with E-state index >= 15 is 0 Å². The van der Waals surface area contributed by atoms with Crippen LogP contribution < -0.4 is 16.0 Å². The van der Waals surface area contributed by atoms with E-state index < -0.39 is 6.03 Å².